The average Bonchev–Trinajstić information content (AvgIpc) is 3.40. The number of carbonyl (C=O) groups is 1. The van der Waals surface area contributed by atoms with E-state index >= 15 is 0 Å². The summed E-state index contributed by atoms with van der Waals surface area (Å²) < 4.78 is 31.5. The molecule has 0 aliphatic carbocycles. The maximum Gasteiger partial charge on any atom is 0.316 e. The van der Waals surface area contributed by atoms with E-state index in [0.29, 0.717) is 34.9 Å². The van der Waals surface area contributed by atoms with Crippen molar-refractivity contribution in [3.63, 3.8) is 0 Å². The Morgan fingerprint density at radius 2 is 1.84 bits per heavy atom. The molecule has 1 fully saturated rings. The number of nitrogens with one attached hydrogen (secondary N) is 2. The molecule has 1 aromatic carbocycles. The molecule has 4 aromatic rings. The van der Waals surface area contributed by atoms with Crippen molar-refractivity contribution in [3.8, 4) is 28.7 Å². The van der Waals surface area contributed by atoms with Gasteiger partial charge in [0.1, 0.15) is 5.82 Å². The average molecular weight is 519 g/mol. The van der Waals surface area contributed by atoms with E-state index in [1.165, 1.54) is 12.1 Å². The maximum absolute atomic E-state index is 13.7. The summed E-state index contributed by atoms with van der Waals surface area (Å²) in [7, 11) is 0. The first-order chi connectivity index (χ1) is 18.5. The predicted molar refractivity (Wildman–Crippen MR) is 136 cm³/mol. The number of imidazole rings is 1. The zero-order valence-electron chi connectivity index (χ0n) is 21.0. The van der Waals surface area contributed by atoms with Gasteiger partial charge in [-0.3, -0.25) is 9.78 Å². The molecule has 0 unspecified atom stereocenters. The first-order valence-electron chi connectivity index (χ1n) is 12.3. The monoisotopic (exact) mass is 518 g/mol. The van der Waals surface area contributed by atoms with Gasteiger partial charge in [0.2, 0.25) is 0 Å². The molecule has 0 atom stereocenters. The van der Waals surface area contributed by atoms with Gasteiger partial charge < -0.3 is 24.5 Å². The van der Waals surface area contributed by atoms with Crippen LogP contribution in [0.4, 0.5) is 10.1 Å². The van der Waals surface area contributed by atoms with Crippen molar-refractivity contribution >= 4 is 11.6 Å². The van der Waals surface area contributed by atoms with Crippen molar-refractivity contribution in [2.24, 2.45) is 5.92 Å². The number of rotatable bonds is 8. The van der Waals surface area contributed by atoms with Gasteiger partial charge in [0, 0.05) is 35.8 Å². The quantitative estimate of drug-likeness (QED) is 0.353. The van der Waals surface area contributed by atoms with Gasteiger partial charge in [-0.25, -0.2) is 14.4 Å². The number of benzene rings is 1. The zero-order valence-corrected chi connectivity index (χ0v) is 21.0. The lowest BCUT2D eigenvalue weighted by Crippen LogP contribution is -2.50. The molecule has 0 spiro atoms. The molecule has 4 heterocycles. The summed E-state index contributed by atoms with van der Waals surface area (Å²) in [5, 5.41) is 2.83. The van der Waals surface area contributed by atoms with Crippen LogP contribution in [0.1, 0.15) is 26.1 Å². The largest absolute Gasteiger partial charge is 0.463 e. The number of hydrogen-bond acceptors (Lipinski definition) is 8. The summed E-state index contributed by atoms with van der Waals surface area (Å²) in [5.74, 6) is -2.61. The number of anilines is 1. The summed E-state index contributed by atoms with van der Waals surface area (Å²) in [4.78, 5) is 34.3. The summed E-state index contributed by atoms with van der Waals surface area (Å²) in [6.07, 6.45) is 5.50. The lowest BCUT2D eigenvalue weighted by Gasteiger charge is -2.36. The minimum Gasteiger partial charge on any atom is -0.463 e. The van der Waals surface area contributed by atoms with Crippen LogP contribution in [0, 0.1) is 11.7 Å². The number of H-pyrrole nitrogens is 1. The Labute approximate surface area is 218 Å². The minimum atomic E-state index is -1.86. The zero-order chi connectivity index (χ0) is 26.5. The van der Waals surface area contributed by atoms with Gasteiger partial charge in [-0.05, 0) is 48.9 Å². The van der Waals surface area contributed by atoms with Crippen LogP contribution in [0.5, 0.6) is 6.01 Å². The van der Waals surface area contributed by atoms with E-state index in [1.54, 1.807) is 48.9 Å². The number of aromatic amines is 1. The summed E-state index contributed by atoms with van der Waals surface area (Å²) in [6, 6.07) is 11.1. The molecular weight excluding hydrogens is 491 g/mol. The van der Waals surface area contributed by atoms with Gasteiger partial charge in [-0.2, -0.15) is 4.98 Å². The molecule has 0 bridgehead atoms. The number of halogens is 1. The van der Waals surface area contributed by atoms with Crippen molar-refractivity contribution in [1.29, 1.82) is 0 Å². The molecule has 196 valence electrons. The molecule has 0 radical (unpaired) electrons. The molecule has 0 saturated carbocycles. The second-order valence-corrected chi connectivity index (χ2v) is 8.92. The first-order valence-corrected chi connectivity index (χ1v) is 12.3. The lowest BCUT2D eigenvalue weighted by atomic mass is 10.1. The van der Waals surface area contributed by atoms with Crippen LogP contribution < -0.4 is 10.1 Å². The smallest absolute Gasteiger partial charge is 0.316 e. The molecule has 1 aliphatic rings. The van der Waals surface area contributed by atoms with Gasteiger partial charge >= 0.3 is 11.8 Å². The Balaban J connectivity index is 1.62. The minimum absolute atomic E-state index is 0.0722. The molecule has 10 nitrogen and oxygen atoms in total. The third-order valence-electron chi connectivity index (χ3n) is 5.84. The van der Waals surface area contributed by atoms with Gasteiger partial charge in [0.15, 0.2) is 5.82 Å². The van der Waals surface area contributed by atoms with E-state index in [2.05, 4.69) is 25.3 Å². The van der Waals surface area contributed by atoms with Crippen LogP contribution in [0.2, 0.25) is 0 Å². The third-order valence-corrected chi connectivity index (χ3v) is 5.84. The van der Waals surface area contributed by atoms with Crippen LogP contribution >= 0.6 is 0 Å². The van der Waals surface area contributed by atoms with E-state index < -0.39 is 11.7 Å². The Hall–Kier alpha value is -4.22. The predicted octanol–water partition coefficient (Wildman–Crippen LogP) is 4.33. The number of nitrogens with zero attached hydrogens (tertiary/aromatic N) is 4. The third kappa shape index (κ3) is 5.24. The van der Waals surface area contributed by atoms with Crippen molar-refractivity contribution in [1.82, 2.24) is 24.9 Å². The fourth-order valence-electron chi connectivity index (χ4n) is 3.91. The number of amides is 1. The SMILES string of the molecule is CCCOc1nccc(-c2[nH]c(C3(C(=O)Nc4ccncc4)OCC(C)CO3)nc2-c2ccc(F)cc2)n1. The Bertz CT molecular complexity index is 1390. The van der Waals surface area contributed by atoms with Gasteiger partial charge in [-0.15, -0.1) is 0 Å². The Morgan fingerprint density at radius 3 is 2.55 bits per heavy atom. The van der Waals surface area contributed by atoms with E-state index in [1.807, 2.05) is 13.8 Å². The summed E-state index contributed by atoms with van der Waals surface area (Å²) in [5.41, 5.74) is 2.50. The number of ether oxygens (including phenoxy) is 3. The highest BCUT2D eigenvalue weighted by molar-refractivity contribution is 5.96. The lowest BCUT2D eigenvalue weighted by molar-refractivity contribution is -0.274. The van der Waals surface area contributed by atoms with Crippen LogP contribution in [0.15, 0.2) is 61.1 Å². The van der Waals surface area contributed by atoms with Crippen LogP contribution in [0.3, 0.4) is 0 Å². The molecule has 1 aliphatic heterocycles. The molecule has 3 aromatic heterocycles. The first kappa shape index (κ1) is 25.4. The second kappa shape index (κ2) is 11.0. The molecule has 1 amide bonds. The van der Waals surface area contributed by atoms with Gasteiger partial charge in [0.05, 0.1) is 36.9 Å². The normalized spacial score (nSPS) is 19.2. The maximum atomic E-state index is 13.7. The highest BCUT2D eigenvalue weighted by Crippen LogP contribution is 2.37. The van der Waals surface area contributed by atoms with E-state index in [9.17, 15) is 9.18 Å². The fraction of sp³-hybridized carbons (Fsp3) is 0.296. The molecule has 1 saturated heterocycles. The number of aromatic nitrogens is 5. The van der Waals surface area contributed by atoms with Crippen molar-refractivity contribution in [2.75, 3.05) is 25.1 Å². The standard InChI is InChI=1S/C27H27FN6O4/c1-3-14-36-26-30-13-10-21(32-26)23-22(18-4-6-19(28)7-5-18)33-24(34-23)27(37-15-17(2)16-38-27)25(35)31-20-8-11-29-12-9-20/h4-13,17H,3,14-16H2,1-2H3,(H,33,34)(H,29,31,35). The molecule has 38 heavy (non-hydrogen) atoms. The number of carbonyl (C=O) groups excluding carboxylic acids is 1. The number of hydrogen-bond donors (Lipinski definition) is 2. The number of pyridine rings is 1. The Kier molecular flexibility index (Phi) is 7.38. The molecule has 2 N–H and O–H groups in total. The van der Waals surface area contributed by atoms with E-state index in [-0.39, 0.29) is 36.8 Å². The molecular formula is C27H27FN6O4. The van der Waals surface area contributed by atoms with E-state index in [0.717, 1.165) is 6.42 Å². The van der Waals surface area contributed by atoms with Gasteiger partial charge in [0.25, 0.3) is 5.91 Å². The fourth-order valence-corrected chi connectivity index (χ4v) is 3.91. The van der Waals surface area contributed by atoms with Crippen molar-refractivity contribution in [3.05, 3.63) is 72.7 Å². The molecule has 5 rings (SSSR count). The van der Waals surface area contributed by atoms with Crippen LogP contribution in [0.25, 0.3) is 22.6 Å². The summed E-state index contributed by atoms with van der Waals surface area (Å²) >= 11 is 0. The Morgan fingerprint density at radius 1 is 1.11 bits per heavy atom. The van der Waals surface area contributed by atoms with Crippen LogP contribution in [-0.2, 0) is 20.1 Å². The van der Waals surface area contributed by atoms with Gasteiger partial charge in [-0.1, -0.05) is 13.8 Å². The summed E-state index contributed by atoms with van der Waals surface area (Å²) in [6.45, 7) is 4.95. The molecule has 11 heteroatoms. The topological polar surface area (TPSA) is 124 Å². The second-order valence-electron chi connectivity index (χ2n) is 8.92. The van der Waals surface area contributed by atoms with Crippen LogP contribution in [-0.4, -0.2) is 50.6 Å². The highest BCUT2D eigenvalue weighted by atomic mass is 19.1. The van der Waals surface area contributed by atoms with Crippen molar-refractivity contribution in [2.45, 2.75) is 26.1 Å². The van der Waals surface area contributed by atoms with Crippen molar-refractivity contribution < 1.29 is 23.4 Å². The highest BCUT2D eigenvalue weighted by Gasteiger charge is 2.49. The van der Waals surface area contributed by atoms with E-state index in [4.69, 9.17) is 19.2 Å².